The summed E-state index contributed by atoms with van der Waals surface area (Å²) in [5.74, 6) is 1.17. The van der Waals surface area contributed by atoms with E-state index in [4.69, 9.17) is 9.47 Å². The molecule has 0 saturated carbocycles. The van der Waals surface area contributed by atoms with Gasteiger partial charge in [0.2, 0.25) is 0 Å². The minimum atomic E-state index is -0.588. The Balaban J connectivity index is 1.46. The van der Waals surface area contributed by atoms with E-state index in [1.165, 1.54) is 11.3 Å². The van der Waals surface area contributed by atoms with Gasteiger partial charge >= 0.3 is 0 Å². The van der Waals surface area contributed by atoms with Crippen LogP contribution < -0.4 is 14.8 Å². The second-order valence-corrected chi connectivity index (χ2v) is 7.88. The molecule has 3 aromatic rings. The zero-order valence-corrected chi connectivity index (χ0v) is 17.4. The van der Waals surface area contributed by atoms with Crippen LogP contribution in [0.15, 0.2) is 66.0 Å². The van der Waals surface area contributed by atoms with E-state index in [2.05, 4.69) is 5.32 Å². The van der Waals surface area contributed by atoms with Crippen molar-refractivity contribution in [3.63, 3.8) is 0 Å². The standard InChI is InChI=1S/C23H22N2O4S/c1-16-23(27)25(11-12-28-19-6-3-2-4-7-19)15-17-14-18(9-10-20(17)29-16)24-22(26)21-8-5-13-30-21/h2-10,13-14,16H,11-12,15H2,1H3,(H,24,26). The van der Waals surface area contributed by atoms with Crippen LogP contribution in [0.25, 0.3) is 0 Å². The molecule has 0 fully saturated rings. The van der Waals surface area contributed by atoms with Gasteiger partial charge in [-0.15, -0.1) is 11.3 Å². The van der Waals surface area contributed by atoms with E-state index in [-0.39, 0.29) is 11.8 Å². The van der Waals surface area contributed by atoms with Gasteiger partial charge in [0.1, 0.15) is 18.1 Å². The van der Waals surface area contributed by atoms with Crippen molar-refractivity contribution in [3.05, 3.63) is 76.5 Å². The minimum absolute atomic E-state index is 0.0907. The zero-order chi connectivity index (χ0) is 20.9. The molecule has 154 valence electrons. The van der Waals surface area contributed by atoms with Crippen molar-refractivity contribution < 1.29 is 19.1 Å². The zero-order valence-electron chi connectivity index (χ0n) is 16.5. The third kappa shape index (κ3) is 4.63. The van der Waals surface area contributed by atoms with Crippen LogP contribution in [0.3, 0.4) is 0 Å². The second-order valence-electron chi connectivity index (χ2n) is 6.94. The number of fused-ring (bicyclic) bond motifs is 1. The van der Waals surface area contributed by atoms with E-state index in [0.29, 0.717) is 36.0 Å². The van der Waals surface area contributed by atoms with E-state index in [1.54, 1.807) is 30.0 Å². The summed E-state index contributed by atoms with van der Waals surface area (Å²) in [7, 11) is 0. The lowest BCUT2D eigenvalue weighted by molar-refractivity contribution is -0.138. The number of ether oxygens (including phenoxy) is 2. The van der Waals surface area contributed by atoms with Gasteiger partial charge in [0.15, 0.2) is 6.10 Å². The van der Waals surface area contributed by atoms with Gasteiger partial charge in [0.25, 0.3) is 11.8 Å². The van der Waals surface area contributed by atoms with Crippen LogP contribution in [0, 0.1) is 0 Å². The topological polar surface area (TPSA) is 67.9 Å². The lowest BCUT2D eigenvalue weighted by Crippen LogP contribution is -2.40. The Morgan fingerprint density at radius 3 is 2.80 bits per heavy atom. The molecular weight excluding hydrogens is 400 g/mol. The molecular formula is C23H22N2O4S. The molecule has 4 rings (SSSR count). The smallest absolute Gasteiger partial charge is 0.265 e. The first-order valence-electron chi connectivity index (χ1n) is 9.71. The molecule has 0 radical (unpaired) electrons. The van der Waals surface area contributed by atoms with Gasteiger partial charge in [-0.25, -0.2) is 0 Å². The molecule has 1 unspecified atom stereocenters. The van der Waals surface area contributed by atoms with Crippen LogP contribution in [0.4, 0.5) is 5.69 Å². The predicted octanol–water partition coefficient (Wildman–Crippen LogP) is 4.19. The number of hydrogen-bond acceptors (Lipinski definition) is 5. The molecule has 2 heterocycles. The van der Waals surface area contributed by atoms with E-state index in [1.807, 2.05) is 47.8 Å². The number of nitrogens with zero attached hydrogens (tertiary/aromatic N) is 1. The van der Waals surface area contributed by atoms with Crippen LogP contribution in [-0.4, -0.2) is 36.0 Å². The normalized spacial score (nSPS) is 15.7. The van der Waals surface area contributed by atoms with Gasteiger partial charge in [-0.1, -0.05) is 24.3 Å². The molecule has 7 heteroatoms. The number of para-hydroxylation sites is 1. The number of benzene rings is 2. The van der Waals surface area contributed by atoms with Crippen LogP contribution >= 0.6 is 11.3 Å². The minimum Gasteiger partial charge on any atom is -0.492 e. The SMILES string of the molecule is CC1Oc2ccc(NC(=O)c3cccs3)cc2CN(CCOc2ccccc2)C1=O. The van der Waals surface area contributed by atoms with E-state index in [0.717, 1.165) is 11.3 Å². The number of rotatable bonds is 6. The lowest BCUT2D eigenvalue weighted by Gasteiger charge is -2.22. The third-order valence-electron chi connectivity index (χ3n) is 4.76. The highest BCUT2D eigenvalue weighted by atomic mass is 32.1. The molecule has 1 aliphatic rings. The van der Waals surface area contributed by atoms with Crippen molar-refractivity contribution in [2.75, 3.05) is 18.5 Å². The first-order valence-corrected chi connectivity index (χ1v) is 10.6. The Hall–Kier alpha value is -3.32. The Bertz CT molecular complexity index is 1020. The Labute approximate surface area is 179 Å². The van der Waals surface area contributed by atoms with Crippen molar-refractivity contribution in [3.8, 4) is 11.5 Å². The molecule has 6 nitrogen and oxygen atoms in total. The molecule has 0 aliphatic carbocycles. The van der Waals surface area contributed by atoms with Gasteiger partial charge in [-0.05, 0) is 48.7 Å². The second kappa shape index (κ2) is 9.00. The van der Waals surface area contributed by atoms with Gasteiger partial charge in [-0.3, -0.25) is 9.59 Å². The highest BCUT2D eigenvalue weighted by molar-refractivity contribution is 7.12. The number of hydrogen-bond donors (Lipinski definition) is 1. The molecule has 0 bridgehead atoms. The maximum absolute atomic E-state index is 12.8. The summed E-state index contributed by atoms with van der Waals surface area (Å²) >= 11 is 1.39. The average Bonchev–Trinajstić information content (AvgIpc) is 3.26. The maximum Gasteiger partial charge on any atom is 0.265 e. The summed E-state index contributed by atoms with van der Waals surface area (Å²) in [5.41, 5.74) is 1.51. The highest BCUT2D eigenvalue weighted by Gasteiger charge is 2.28. The average molecular weight is 423 g/mol. The fourth-order valence-corrected chi connectivity index (χ4v) is 3.88. The Kier molecular flexibility index (Phi) is 5.99. The number of thiophene rings is 1. The van der Waals surface area contributed by atoms with Crippen molar-refractivity contribution in [2.24, 2.45) is 0 Å². The largest absolute Gasteiger partial charge is 0.492 e. The van der Waals surface area contributed by atoms with E-state index < -0.39 is 6.10 Å². The van der Waals surface area contributed by atoms with Crippen molar-refractivity contribution in [2.45, 2.75) is 19.6 Å². The fourth-order valence-electron chi connectivity index (χ4n) is 3.26. The number of amides is 2. The summed E-state index contributed by atoms with van der Waals surface area (Å²) in [5, 5.41) is 4.77. The Morgan fingerprint density at radius 2 is 2.03 bits per heavy atom. The van der Waals surface area contributed by atoms with Gasteiger partial charge in [0.05, 0.1) is 11.4 Å². The van der Waals surface area contributed by atoms with E-state index in [9.17, 15) is 9.59 Å². The summed E-state index contributed by atoms with van der Waals surface area (Å²) < 4.78 is 11.6. The summed E-state index contributed by atoms with van der Waals surface area (Å²) in [6, 6.07) is 18.6. The van der Waals surface area contributed by atoms with Crippen molar-refractivity contribution in [1.82, 2.24) is 4.90 Å². The quantitative estimate of drug-likeness (QED) is 0.647. The monoisotopic (exact) mass is 422 g/mol. The number of carbonyl (C=O) groups is 2. The molecule has 0 saturated heterocycles. The lowest BCUT2D eigenvalue weighted by atomic mass is 10.1. The molecule has 1 aliphatic heterocycles. The summed E-state index contributed by atoms with van der Waals surface area (Å²) in [6.07, 6.45) is -0.588. The highest BCUT2D eigenvalue weighted by Crippen LogP contribution is 2.29. The van der Waals surface area contributed by atoms with Gasteiger partial charge < -0.3 is 19.7 Å². The number of carbonyl (C=O) groups excluding carboxylic acids is 2. The van der Waals surface area contributed by atoms with E-state index >= 15 is 0 Å². The summed E-state index contributed by atoms with van der Waals surface area (Å²) in [4.78, 5) is 27.5. The molecule has 1 N–H and O–H groups in total. The molecule has 1 atom stereocenters. The predicted molar refractivity (Wildman–Crippen MR) is 116 cm³/mol. The van der Waals surface area contributed by atoms with Gasteiger partial charge in [-0.2, -0.15) is 0 Å². The van der Waals surface area contributed by atoms with Crippen LogP contribution in [0.2, 0.25) is 0 Å². The summed E-state index contributed by atoms with van der Waals surface area (Å²) in [6.45, 7) is 2.95. The molecule has 1 aromatic heterocycles. The first-order chi connectivity index (χ1) is 14.6. The molecule has 0 spiro atoms. The third-order valence-corrected chi connectivity index (χ3v) is 5.63. The van der Waals surface area contributed by atoms with Gasteiger partial charge in [0, 0.05) is 17.8 Å². The van der Waals surface area contributed by atoms with Crippen molar-refractivity contribution >= 4 is 28.8 Å². The van der Waals surface area contributed by atoms with Crippen LogP contribution in [0.1, 0.15) is 22.2 Å². The first kappa shape index (κ1) is 20.0. The van der Waals surface area contributed by atoms with Crippen LogP contribution in [0.5, 0.6) is 11.5 Å². The molecule has 2 aromatic carbocycles. The molecule has 30 heavy (non-hydrogen) atoms. The Morgan fingerprint density at radius 1 is 1.20 bits per heavy atom. The fraction of sp³-hybridized carbons (Fsp3) is 0.217. The van der Waals surface area contributed by atoms with Crippen LogP contribution in [-0.2, 0) is 11.3 Å². The molecule has 2 amide bonds. The number of anilines is 1. The van der Waals surface area contributed by atoms with Crippen molar-refractivity contribution in [1.29, 1.82) is 0 Å². The maximum atomic E-state index is 12.8. The number of nitrogens with one attached hydrogen (secondary N) is 1.